The van der Waals surface area contributed by atoms with E-state index in [9.17, 15) is 44.6 Å². The van der Waals surface area contributed by atoms with Gasteiger partial charge in [-0.3, -0.25) is 18.6 Å². The van der Waals surface area contributed by atoms with Crippen molar-refractivity contribution in [2.45, 2.75) is 102 Å². The van der Waals surface area contributed by atoms with Gasteiger partial charge in [-0.1, -0.05) is 62.5 Å². The van der Waals surface area contributed by atoms with Crippen LogP contribution in [0.15, 0.2) is 48.6 Å². The van der Waals surface area contributed by atoms with E-state index in [2.05, 4.69) is 31.2 Å². The Morgan fingerprint density at radius 2 is 1.24 bits per heavy atom. The number of hydrogen-bond acceptors (Lipinski definition) is 12. The Bertz CT molecular complexity index is 947. The van der Waals surface area contributed by atoms with Crippen molar-refractivity contribution in [2.75, 3.05) is 13.2 Å². The Morgan fingerprint density at radius 1 is 0.738 bits per heavy atom. The first-order chi connectivity index (χ1) is 19.9. The molecule has 0 aliphatic heterocycles. The zero-order chi connectivity index (χ0) is 31.5. The normalized spacial score (nSPS) is 27.1. The predicted octanol–water partition coefficient (Wildman–Crippen LogP) is 1.76. The summed E-state index contributed by atoms with van der Waals surface area (Å²) in [4.78, 5) is 33.9. The molecule has 0 amide bonds. The third-order valence-electron chi connectivity index (χ3n) is 6.00. The van der Waals surface area contributed by atoms with Crippen molar-refractivity contribution < 1.29 is 63.1 Å². The average Bonchev–Trinajstić information content (AvgIpc) is 2.96. The van der Waals surface area contributed by atoms with Gasteiger partial charge in [0.2, 0.25) is 0 Å². The first-order valence-electron chi connectivity index (χ1n) is 13.9. The molecular weight excluding hydrogens is 575 g/mol. The number of hydrogen-bond donors (Lipinski definition) is 6. The molecule has 13 nitrogen and oxygen atoms in total. The Balaban J connectivity index is 2.56. The second-order valence-electron chi connectivity index (χ2n) is 9.48. The number of carbonyl (C=O) groups excluding carboxylic acids is 2. The molecule has 14 heteroatoms. The van der Waals surface area contributed by atoms with E-state index in [1.54, 1.807) is 13.0 Å². The number of rotatable bonds is 19. The SMILES string of the molecule is CC/C=C\C/C=C\C/C=C\C/C=C\CCC(=O)OC(COC(=O)CC)COP(=O)(O)OC1C(O)C(O)C(O)C(O)C1O. The van der Waals surface area contributed by atoms with E-state index in [-0.39, 0.29) is 12.8 Å². The third kappa shape index (κ3) is 14.8. The molecule has 0 saturated heterocycles. The molecule has 6 unspecified atom stereocenters. The summed E-state index contributed by atoms with van der Waals surface area (Å²) in [7, 11) is -5.09. The summed E-state index contributed by atoms with van der Waals surface area (Å²) >= 11 is 0. The summed E-state index contributed by atoms with van der Waals surface area (Å²) in [6.07, 6.45) is 6.66. The topological polar surface area (TPSA) is 210 Å². The van der Waals surface area contributed by atoms with Gasteiger partial charge >= 0.3 is 19.8 Å². The average molecular weight is 621 g/mol. The number of carbonyl (C=O) groups is 2. The molecule has 0 aromatic carbocycles. The Morgan fingerprint density at radius 3 is 1.76 bits per heavy atom. The Labute approximate surface area is 246 Å². The molecule has 1 saturated carbocycles. The fourth-order valence-corrected chi connectivity index (χ4v) is 4.60. The molecule has 0 aromatic rings. The predicted molar refractivity (Wildman–Crippen MR) is 152 cm³/mol. The lowest BCUT2D eigenvalue weighted by Gasteiger charge is -2.41. The molecular formula is C28H45O13P. The van der Waals surface area contributed by atoms with Gasteiger partial charge in [-0.05, 0) is 32.1 Å². The van der Waals surface area contributed by atoms with Crippen molar-refractivity contribution >= 4 is 19.8 Å². The summed E-state index contributed by atoms with van der Waals surface area (Å²) in [6.45, 7) is 2.37. The molecule has 0 aromatic heterocycles. The van der Waals surface area contributed by atoms with Crippen LogP contribution in [-0.2, 0) is 32.7 Å². The minimum atomic E-state index is -5.09. The maximum atomic E-state index is 12.5. The van der Waals surface area contributed by atoms with Gasteiger partial charge in [0.05, 0.1) is 6.61 Å². The molecule has 0 bridgehead atoms. The molecule has 0 spiro atoms. The number of esters is 2. The van der Waals surface area contributed by atoms with Crippen molar-refractivity contribution in [3.63, 3.8) is 0 Å². The fraction of sp³-hybridized carbons (Fsp3) is 0.643. The van der Waals surface area contributed by atoms with Gasteiger partial charge < -0.3 is 39.9 Å². The van der Waals surface area contributed by atoms with Crippen LogP contribution in [0.2, 0.25) is 0 Å². The second-order valence-corrected chi connectivity index (χ2v) is 10.9. The summed E-state index contributed by atoms with van der Waals surface area (Å²) in [6, 6.07) is 0. The van der Waals surface area contributed by atoms with E-state index in [4.69, 9.17) is 18.5 Å². The van der Waals surface area contributed by atoms with Crippen LogP contribution in [0.5, 0.6) is 0 Å². The molecule has 6 atom stereocenters. The lowest BCUT2D eigenvalue weighted by molar-refractivity contribution is -0.220. The van der Waals surface area contributed by atoms with Crippen molar-refractivity contribution in [2.24, 2.45) is 0 Å². The highest BCUT2D eigenvalue weighted by molar-refractivity contribution is 7.47. The summed E-state index contributed by atoms with van der Waals surface area (Å²) in [5, 5.41) is 49.2. The number of ether oxygens (including phenoxy) is 2. The first kappa shape index (κ1) is 37.8. The highest BCUT2D eigenvalue weighted by Gasteiger charge is 2.51. The maximum Gasteiger partial charge on any atom is 0.472 e. The van der Waals surface area contributed by atoms with Crippen LogP contribution < -0.4 is 0 Å². The maximum absolute atomic E-state index is 12.5. The summed E-state index contributed by atoms with van der Waals surface area (Å²) in [5.74, 6) is -1.31. The van der Waals surface area contributed by atoms with Crippen LogP contribution in [0.3, 0.4) is 0 Å². The lowest BCUT2D eigenvalue weighted by atomic mass is 9.85. The van der Waals surface area contributed by atoms with Crippen LogP contribution in [-0.4, -0.2) is 98.3 Å². The molecule has 6 N–H and O–H groups in total. The highest BCUT2D eigenvalue weighted by Crippen LogP contribution is 2.47. The number of phosphoric acid groups is 1. The van der Waals surface area contributed by atoms with Crippen molar-refractivity contribution in [3.05, 3.63) is 48.6 Å². The number of allylic oxidation sites excluding steroid dienone is 8. The van der Waals surface area contributed by atoms with Crippen molar-refractivity contribution in [1.82, 2.24) is 0 Å². The fourth-order valence-electron chi connectivity index (χ4n) is 3.63. The van der Waals surface area contributed by atoms with E-state index in [0.29, 0.717) is 12.8 Å². The van der Waals surface area contributed by atoms with Crippen LogP contribution in [0.4, 0.5) is 0 Å². The van der Waals surface area contributed by atoms with E-state index < -0.39 is 75.7 Å². The smallest absolute Gasteiger partial charge is 0.462 e. The monoisotopic (exact) mass is 620 g/mol. The number of phosphoric ester groups is 1. The van der Waals surface area contributed by atoms with Crippen molar-refractivity contribution in [3.8, 4) is 0 Å². The van der Waals surface area contributed by atoms with Gasteiger partial charge in [0.25, 0.3) is 0 Å². The second kappa shape index (κ2) is 20.7. The minimum Gasteiger partial charge on any atom is -0.462 e. The van der Waals surface area contributed by atoms with E-state index in [1.165, 1.54) is 0 Å². The summed E-state index contributed by atoms with van der Waals surface area (Å²) < 4.78 is 32.2. The molecule has 1 aliphatic rings. The van der Waals surface area contributed by atoms with E-state index in [1.807, 2.05) is 18.2 Å². The van der Waals surface area contributed by atoms with Crippen LogP contribution >= 0.6 is 7.82 Å². The van der Waals surface area contributed by atoms with Gasteiger partial charge in [-0.15, -0.1) is 0 Å². The van der Waals surface area contributed by atoms with Crippen LogP contribution in [0.25, 0.3) is 0 Å². The third-order valence-corrected chi connectivity index (χ3v) is 6.99. The van der Waals surface area contributed by atoms with Crippen LogP contribution in [0, 0.1) is 0 Å². The van der Waals surface area contributed by atoms with Gasteiger partial charge in [0, 0.05) is 12.8 Å². The molecule has 42 heavy (non-hydrogen) atoms. The number of aliphatic hydroxyl groups is 5. The molecule has 240 valence electrons. The van der Waals surface area contributed by atoms with Gasteiger partial charge in [0.1, 0.15) is 43.2 Å². The van der Waals surface area contributed by atoms with Gasteiger partial charge in [-0.2, -0.15) is 0 Å². The van der Waals surface area contributed by atoms with E-state index in [0.717, 1.165) is 19.3 Å². The molecule has 1 rings (SSSR count). The molecule has 1 fully saturated rings. The molecule has 0 radical (unpaired) electrons. The summed E-state index contributed by atoms with van der Waals surface area (Å²) in [5.41, 5.74) is 0. The van der Waals surface area contributed by atoms with Gasteiger partial charge in [0.15, 0.2) is 6.10 Å². The zero-order valence-corrected chi connectivity index (χ0v) is 24.9. The van der Waals surface area contributed by atoms with Crippen LogP contribution in [0.1, 0.15) is 58.8 Å². The molecule has 1 aliphatic carbocycles. The van der Waals surface area contributed by atoms with Crippen molar-refractivity contribution in [1.29, 1.82) is 0 Å². The zero-order valence-electron chi connectivity index (χ0n) is 24.0. The lowest BCUT2D eigenvalue weighted by Crippen LogP contribution is -2.64. The Hall–Kier alpha value is -2.19. The highest BCUT2D eigenvalue weighted by atomic mass is 31.2. The minimum absolute atomic E-state index is 0.0295. The van der Waals surface area contributed by atoms with E-state index >= 15 is 0 Å². The largest absolute Gasteiger partial charge is 0.472 e. The Kier molecular flexibility index (Phi) is 18.6. The molecule has 0 heterocycles. The number of aliphatic hydroxyl groups excluding tert-OH is 5. The first-order valence-corrected chi connectivity index (χ1v) is 15.4. The standard InChI is InChI=1S/C28H45O13P/c1-3-5-6-7-8-9-10-11-12-13-14-15-16-17-22(30)40-20(18-38-21(29)4-2)19-39-42(36,37)41-28-26(34)24(32)23(31)25(33)27(28)35/h5-6,8-9,11-12,14-15,20,23-28,31-35H,3-4,7,10,13,16-19H2,1-2H3,(H,36,37)/b6-5-,9-8-,12-11-,15-14-. The quantitative estimate of drug-likeness (QED) is 0.0692. The van der Waals surface area contributed by atoms with Gasteiger partial charge in [-0.25, -0.2) is 4.57 Å².